The average Bonchev–Trinajstić information content (AvgIpc) is 2.45. The Bertz CT molecular complexity index is 741. The number of halogens is 12. The van der Waals surface area contributed by atoms with Crippen LogP contribution in [0, 0.1) is 29.3 Å². The van der Waals surface area contributed by atoms with E-state index < -0.39 is 58.4 Å². The molecule has 1 heterocycles. The zero-order valence-corrected chi connectivity index (χ0v) is 13.2. The first-order valence-electron chi connectivity index (χ1n) is 5.47. The topological polar surface area (TPSA) is 12.4 Å². The minimum Gasteiger partial charge on any atom is -0.262 e. The average molecular weight is 566 g/mol. The van der Waals surface area contributed by atoms with Crippen molar-refractivity contribution in [2.75, 3.05) is 0 Å². The van der Waals surface area contributed by atoms with Crippen LogP contribution >= 0.6 is 0 Å². The Hall–Kier alpha value is -1.30. The van der Waals surface area contributed by atoms with Crippen LogP contribution < -0.4 is 0 Å². The molecule has 0 N–H and O–H groups in total. The van der Waals surface area contributed by atoms with E-state index in [0.29, 0.717) is 6.07 Å². The van der Waals surface area contributed by atoms with Gasteiger partial charge in [0, 0.05) is 25.8 Å². The van der Waals surface area contributed by atoms with Crippen LogP contribution in [0.5, 0.6) is 0 Å². The molecule has 0 saturated carbocycles. The third kappa shape index (κ3) is 2.64. The molecule has 1 nitrogen and oxygen atoms in total. The molecular formula is C11F12IrN-. The van der Waals surface area contributed by atoms with E-state index in [1.165, 1.54) is 4.99 Å². The molecule has 1 aromatic rings. The van der Waals surface area contributed by atoms with Crippen LogP contribution in [-0.2, 0) is 20.1 Å². The molecule has 25 heavy (non-hydrogen) atoms. The van der Waals surface area contributed by atoms with Crippen molar-refractivity contribution in [2.24, 2.45) is 4.99 Å². The first-order valence-corrected chi connectivity index (χ1v) is 5.47. The molecule has 143 valence electrons. The third-order valence-electron chi connectivity index (χ3n) is 2.99. The smallest absolute Gasteiger partial charge is 0.262 e. The summed E-state index contributed by atoms with van der Waals surface area (Å²) < 4.78 is 157. The molecule has 14 heteroatoms. The summed E-state index contributed by atoms with van der Waals surface area (Å²) in [5.74, 6) is -30.7. The summed E-state index contributed by atoms with van der Waals surface area (Å²) in [7, 11) is 0. The first-order chi connectivity index (χ1) is 10.6. The summed E-state index contributed by atoms with van der Waals surface area (Å²) in [6.07, 6.45) is 0. The minimum absolute atomic E-state index is 0. The van der Waals surface area contributed by atoms with Crippen LogP contribution in [0.15, 0.2) is 4.99 Å². The van der Waals surface area contributed by atoms with E-state index in [1.54, 1.807) is 0 Å². The molecular weight excluding hydrogens is 566 g/mol. The number of rotatable bonds is 1. The molecule has 0 aromatic heterocycles. The fourth-order valence-corrected chi connectivity index (χ4v) is 1.71. The van der Waals surface area contributed by atoms with Crippen LogP contribution in [0.25, 0.3) is 0 Å². The monoisotopic (exact) mass is 567 g/mol. The number of benzene rings is 1. The Morgan fingerprint density at radius 2 is 1.16 bits per heavy atom. The minimum atomic E-state index is -6.82. The van der Waals surface area contributed by atoms with Gasteiger partial charge in [0.05, 0.1) is 11.6 Å². The molecule has 1 aliphatic heterocycles. The molecule has 2 rings (SSSR count). The van der Waals surface area contributed by atoms with Gasteiger partial charge in [-0.15, -0.1) is 0 Å². The van der Waals surface area contributed by atoms with Crippen molar-refractivity contribution in [3.63, 3.8) is 0 Å². The summed E-state index contributed by atoms with van der Waals surface area (Å²) in [5, 5.41) is 0. The number of hydrogen-bond acceptors (Lipinski definition) is 1. The Labute approximate surface area is 143 Å². The van der Waals surface area contributed by atoms with Gasteiger partial charge in [0.25, 0.3) is 0 Å². The standard InChI is InChI=1S/C11F12N.Ir/c12-3-1-2(4(13)6(15)5(3)14)7-8(16,17)9(18,19)10(20,21)11(22,23)24-7;/q-1;. The predicted molar refractivity (Wildman–Crippen MR) is 51.4 cm³/mol. The SMILES string of the molecule is Fc1[c-]c(C2=NC(F)(F)C(F)(F)C(F)(F)C2(F)F)c(F)c(F)c1F.[Ir]. The van der Waals surface area contributed by atoms with Gasteiger partial charge in [-0.2, -0.15) is 26.3 Å². The molecule has 0 unspecified atom stereocenters. The second kappa shape index (κ2) is 5.86. The van der Waals surface area contributed by atoms with E-state index in [4.69, 9.17) is 0 Å². The normalized spacial score (nSPS) is 22.8. The van der Waals surface area contributed by atoms with E-state index in [2.05, 4.69) is 0 Å². The van der Waals surface area contributed by atoms with Crippen molar-refractivity contribution in [3.05, 3.63) is 34.9 Å². The van der Waals surface area contributed by atoms with Crippen LogP contribution in [-0.4, -0.2) is 29.5 Å². The molecule has 0 amide bonds. The fourth-order valence-electron chi connectivity index (χ4n) is 1.71. The van der Waals surface area contributed by atoms with Crippen LogP contribution in [0.1, 0.15) is 5.56 Å². The number of alkyl halides is 8. The van der Waals surface area contributed by atoms with Gasteiger partial charge in [0.1, 0.15) is 11.6 Å². The number of nitrogens with zero attached hydrogens (tertiary/aromatic N) is 1. The van der Waals surface area contributed by atoms with Crippen LogP contribution in [0.3, 0.4) is 0 Å². The predicted octanol–water partition coefficient (Wildman–Crippen LogP) is 4.34. The van der Waals surface area contributed by atoms with Crippen molar-refractivity contribution in [1.82, 2.24) is 0 Å². The molecule has 0 aliphatic carbocycles. The van der Waals surface area contributed by atoms with Gasteiger partial charge in [0.2, 0.25) is 0 Å². The van der Waals surface area contributed by atoms with Crippen molar-refractivity contribution in [2.45, 2.75) is 23.8 Å². The van der Waals surface area contributed by atoms with Gasteiger partial charge < -0.3 is 0 Å². The summed E-state index contributed by atoms with van der Waals surface area (Å²) in [5.41, 5.74) is -5.59. The summed E-state index contributed by atoms with van der Waals surface area (Å²) in [6.45, 7) is 0. The third-order valence-corrected chi connectivity index (χ3v) is 2.99. The maximum Gasteiger partial charge on any atom is 0.403 e. The van der Waals surface area contributed by atoms with E-state index in [9.17, 15) is 52.7 Å². The molecule has 1 aromatic carbocycles. The van der Waals surface area contributed by atoms with Crippen molar-refractivity contribution in [1.29, 1.82) is 0 Å². The Morgan fingerprint density at radius 3 is 1.64 bits per heavy atom. The second-order valence-corrected chi connectivity index (χ2v) is 4.48. The summed E-state index contributed by atoms with van der Waals surface area (Å²) >= 11 is 0. The van der Waals surface area contributed by atoms with Crippen LogP contribution in [0.4, 0.5) is 52.7 Å². The zero-order valence-electron chi connectivity index (χ0n) is 10.8. The van der Waals surface area contributed by atoms with Crippen LogP contribution in [0.2, 0.25) is 0 Å². The maximum atomic E-state index is 13.5. The number of aliphatic imine (C=N–C) groups is 1. The quantitative estimate of drug-likeness (QED) is 0.158. The molecule has 1 aliphatic rings. The largest absolute Gasteiger partial charge is 0.403 e. The van der Waals surface area contributed by atoms with Gasteiger partial charge in [-0.3, -0.25) is 13.8 Å². The zero-order chi connectivity index (χ0) is 18.9. The van der Waals surface area contributed by atoms with E-state index in [0.717, 1.165) is 0 Å². The second-order valence-electron chi connectivity index (χ2n) is 4.48. The maximum absolute atomic E-state index is 13.5. The Morgan fingerprint density at radius 1 is 0.680 bits per heavy atom. The molecule has 0 atom stereocenters. The molecule has 0 spiro atoms. The van der Waals surface area contributed by atoms with E-state index in [-0.39, 0.29) is 20.1 Å². The van der Waals surface area contributed by atoms with E-state index >= 15 is 0 Å². The Kier molecular flexibility index (Phi) is 5.10. The van der Waals surface area contributed by atoms with Gasteiger partial charge in [-0.05, 0) is 0 Å². The van der Waals surface area contributed by atoms with Gasteiger partial charge >= 0.3 is 23.8 Å². The molecule has 0 fully saturated rings. The molecule has 0 saturated heterocycles. The summed E-state index contributed by atoms with van der Waals surface area (Å²) in [6, 6.07) is -5.55. The summed E-state index contributed by atoms with van der Waals surface area (Å²) in [4.78, 5) is 1.33. The van der Waals surface area contributed by atoms with Crippen molar-refractivity contribution < 1.29 is 72.8 Å². The number of hydrogen-bond donors (Lipinski definition) is 0. The van der Waals surface area contributed by atoms with Gasteiger partial charge in [-0.25, -0.2) is 17.6 Å². The fraction of sp³-hybridized carbons (Fsp3) is 0.364. The molecule has 1 radical (unpaired) electrons. The Balaban J connectivity index is 0.00000312. The van der Waals surface area contributed by atoms with Crippen molar-refractivity contribution in [3.8, 4) is 0 Å². The molecule has 0 bridgehead atoms. The van der Waals surface area contributed by atoms with Crippen molar-refractivity contribution >= 4 is 5.71 Å². The first kappa shape index (κ1) is 21.7. The van der Waals surface area contributed by atoms with Gasteiger partial charge in [-0.1, -0.05) is 11.6 Å². The van der Waals surface area contributed by atoms with Gasteiger partial charge in [0.15, 0.2) is 0 Å². The van der Waals surface area contributed by atoms with E-state index in [1.807, 2.05) is 0 Å².